The van der Waals surface area contributed by atoms with Crippen molar-refractivity contribution in [3.8, 4) is 11.4 Å². The van der Waals surface area contributed by atoms with E-state index in [9.17, 15) is 9.18 Å². The maximum absolute atomic E-state index is 14.0. The summed E-state index contributed by atoms with van der Waals surface area (Å²) in [5.41, 5.74) is 10.5. The molecule has 4 aromatic heterocycles. The second kappa shape index (κ2) is 8.47. The summed E-state index contributed by atoms with van der Waals surface area (Å²) in [6, 6.07) is 7.08. The van der Waals surface area contributed by atoms with Gasteiger partial charge in [-0.3, -0.25) is 4.79 Å². The summed E-state index contributed by atoms with van der Waals surface area (Å²) in [4.78, 5) is 19.2. The molecule has 6 rings (SSSR count). The van der Waals surface area contributed by atoms with Gasteiger partial charge in [0.05, 0.1) is 28.3 Å². The van der Waals surface area contributed by atoms with Crippen LogP contribution < -0.4 is 5.73 Å². The zero-order valence-electron chi connectivity index (χ0n) is 19.2. The number of likely N-dealkylation sites (tertiary alicyclic amines) is 1. The molecule has 4 aromatic rings. The van der Waals surface area contributed by atoms with Gasteiger partial charge in [0.15, 0.2) is 0 Å². The molecular formula is C25H25Cl2FN6O. The van der Waals surface area contributed by atoms with Gasteiger partial charge in [-0.2, -0.15) is 5.10 Å². The van der Waals surface area contributed by atoms with Crippen molar-refractivity contribution in [3.63, 3.8) is 0 Å². The number of carbonyl (C=O) groups excluding carboxylic acids is 1. The summed E-state index contributed by atoms with van der Waals surface area (Å²) in [5, 5.41) is 6.70. The maximum Gasteiger partial charge on any atom is 0.255 e. The molecule has 1 aliphatic carbocycles. The Hall–Kier alpha value is -2.68. The Bertz CT molecular complexity index is 1470. The number of nitrogens with two attached hydrogens (primary N) is 1. The number of hydrogen-bond donors (Lipinski definition) is 1. The topological polar surface area (TPSA) is 81.5 Å². The first-order chi connectivity index (χ1) is 16.8. The highest BCUT2D eigenvalue weighted by molar-refractivity contribution is 6.34. The Morgan fingerprint density at radius 3 is 2.77 bits per heavy atom. The minimum atomic E-state index is -1.13. The molecule has 2 atom stereocenters. The first kappa shape index (κ1) is 22.8. The lowest BCUT2D eigenvalue weighted by molar-refractivity contribution is 0.0606. The number of hydrogen-bond acceptors (Lipinski definition) is 4. The van der Waals surface area contributed by atoms with Gasteiger partial charge in [-0.15, -0.1) is 0 Å². The zero-order chi connectivity index (χ0) is 24.4. The van der Waals surface area contributed by atoms with Gasteiger partial charge in [-0.05, 0) is 56.4 Å². The molecule has 10 heteroatoms. The quantitative estimate of drug-likeness (QED) is 0.393. The molecule has 35 heavy (non-hydrogen) atoms. The van der Waals surface area contributed by atoms with Gasteiger partial charge in [0.1, 0.15) is 22.7 Å². The van der Waals surface area contributed by atoms with Crippen molar-refractivity contribution in [2.75, 3.05) is 13.1 Å². The van der Waals surface area contributed by atoms with Crippen molar-refractivity contribution >= 4 is 45.7 Å². The number of aromatic nitrogens is 4. The van der Waals surface area contributed by atoms with Gasteiger partial charge in [-0.25, -0.2) is 13.9 Å². The fourth-order valence-electron chi connectivity index (χ4n) is 5.10. The van der Waals surface area contributed by atoms with Crippen LogP contribution in [-0.4, -0.2) is 55.3 Å². The molecule has 5 heterocycles. The third-order valence-corrected chi connectivity index (χ3v) is 7.47. The lowest BCUT2D eigenvalue weighted by Gasteiger charge is -2.33. The predicted molar refractivity (Wildman–Crippen MR) is 135 cm³/mol. The van der Waals surface area contributed by atoms with Crippen molar-refractivity contribution in [1.29, 1.82) is 0 Å². The van der Waals surface area contributed by atoms with E-state index < -0.39 is 6.17 Å². The summed E-state index contributed by atoms with van der Waals surface area (Å²) >= 11 is 12.9. The van der Waals surface area contributed by atoms with Crippen molar-refractivity contribution in [2.45, 2.75) is 44.9 Å². The molecule has 182 valence electrons. The summed E-state index contributed by atoms with van der Waals surface area (Å²) in [6.45, 7) is 3.16. The van der Waals surface area contributed by atoms with E-state index in [0.29, 0.717) is 28.2 Å². The van der Waals surface area contributed by atoms with Crippen molar-refractivity contribution in [1.82, 2.24) is 24.1 Å². The molecule has 0 unspecified atom stereocenters. The van der Waals surface area contributed by atoms with Gasteiger partial charge in [0.2, 0.25) is 0 Å². The molecular weight excluding hydrogens is 490 g/mol. The summed E-state index contributed by atoms with van der Waals surface area (Å²) < 4.78 is 17.9. The number of alkyl halides is 1. The first-order valence-corrected chi connectivity index (χ1v) is 12.6. The number of piperidine rings is 1. The van der Waals surface area contributed by atoms with Crippen LogP contribution in [0.3, 0.4) is 0 Å². The number of nitrogens with zero attached hydrogens (tertiary/aromatic N) is 5. The maximum atomic E-state index is 14.0. The van der Waals surface area contributed by atoms with Crippen LogP contribution in [0, 0.1) is 12.8 Å². The SMILES string of the molecule is Cc1c(-c2cc3ccc(Cl)nc3n2CC2CC2)nn2cc(C(=O)N3C[C@H](N)C[C@@H](F)C3)cc(Cl)c12. The average molecular weight is 515 g/mol. The van der Waals surface area contributed by atoms with Crippen LogP contribution in [0.1, 0.15) is 35.2 Å². The Morgan fingerprint density at radius 2 is 2.03 bits per heavy atom. The molecule has 1 amide bonds. The number of aryl methyl sites for hydroxylation is 1. The minimum absolute atomic E-state index is 0.0302. The molecule has 7 nitrogen and oxygen atoms in total. The molecule has 2 fully saturated rings. The lowest BCUT2D eigenvalue weighted by Crippen LogP contribution is -2.50. The first-order valence-electron chi connectivity index (χ1n) is 11.8. The van der Waals surface area contributed by atoms with Gasteiger partial charge in [-0.1, -0.05) is 23.2 Å². The highest BCUT2D eigenvalue weighted by Gasteiger charge is 2.30. The number of halogens is 3. The molecule has 1 saturated heterocycles. The Balaban J connectivity index is 1.45. The van der Waals surface area contributed by atoms with Gasteiger partial charge in [0, 0.05) is 36.3 Å². The highest BCUT2D eigenvalue weighted by atomic mass is 35.5. The van der Waals surface area contributed by atoms with Crippen LogP contribution in [0.4, 0.5) is 4.39 Å². The largest absolute Gasteiger partial charge is 0.334 e. The van der Waals surface area contributed by atoms with Crippen LogP contribution >= 0.6 is 23.2 Å². The van der Waals surface area contributed by atoms with Crippen LogP contribution in [0.2, 0.25) is 10.2 Å². The highest BCUT2D eigenvalue weighted by Crippen LogP contribution is 2.38. The zero-order valence-corrected chi connectivity index (χ0v) is 20.7. The third-order valence-electron chi connectivity index (χ3n) is 6.97. The Morgan fingerprint density at radius 1 is 1.23 bits per heavy atom. The summed E-state index contributed by atoms with van der Waals surface area (Å²) in [6.07, 6.45) is 3.19. The van der Waals surface area contributed by atoms with Crippen molar-refractivity contribution in [3.05, 3.63) is 51.8 Å². The molecule has 1 saturated carbocycles. The number of carbonyl (C=O) groups is 1. The average Bonchev–Trinajstić information content (AvgIpc) is 3.48. The number of fused-ring (bicyclic) bond motifs is 2. The molecule has 0 radical (unpaired) electrons. The Kier molecular flexibility index (Phi) is 5.51. The smallest absolute Gasteiger partial charge is 0.255 e. The van der Waals surface area contributed by atoms with E-state index in [1.807, 2.05) is 13.0 Å². The van der Waals surface area contributed by atoms with E-state index in [0.717, 1.165) is 40.0 Å². The molecule has 1 aliphatic heterocycles. The summed E-state index contributed by atoms with van der Waals surface area (Å²) in [7, 11) is 0. The van der Waals surface area contributed by atoms with Gasteiger partial charge < -0.3 is 15.2 Å². The minimum Gasteiger partial charge on any atom is -0.334 e. The van der Waals surface area contributed by atoms with Crippen LogP contribution in [-0.2, 0) is 6.54 Å². The normalized spacial score (nSPS) is 20.8. The van der Waals surface area contributed by atoms with Crippen LogP contribution in [0.5, 0.6) is 0 Å². The molecule has 0 spiro atoms. The van der Waals surface area contributed by atoms with E-state index in [1.165, 1.54) is 17.7 Å². The number of pyridine rings is 2. The van der Waals surface area contributed by atoms with Crippen molar-refractivity contribution in [2.24, 2.45) is 11.7 Å². The van der Waals surface area contributed by atoms with Crippen LogP contribution in [0.25, 0.3) is 27.9 Å². The monoisotopic (exact) mass is 514 g/mol. The van der Waals surface area contributed by atoms with E-state index in [-0.39, 0.29) is 24.9 Å². The standard InChI is InChI=1S/C25H25Cl2FN6O/c1-13-22(20-7-15-4-5-21(27)30-24(15)33(20)9-14-2-3-14)31-34-10-16(6-19(26)23(13)34)25(35)32-11-17(28)8-18(29)12-32/h4-7,10,14,17-18H,2-3,8-9,11-12,29H2,1H3/t17-,18-/m1/s1. The van der Waals surface area contributed by atoms with Gasteiger partial charge >= 0.3 is 0 Å². The fourth-order valence-corrected chi connectivity index (χ4v) is 5.59. The third kappa shape index (κ3) is 4.07. The fraction of sp³-hybridized carbons (Fsp3) is 0.400. The second-order valence-electron chi connectivity index (χ2n) is 9.78. The molecule has 2 aliphatic rings. The van der Waals surface area contributed by atoms with Crippen LogP contribution in [0.15, 0.2) is 30.5 Å². The summed E-state index contributed by atoms with van der Waals surface area (Å²) in [5.74, 6) is 0.313. The molecule has 2 N–H and O–H groups in total. The molecule has 0 aromatic carbocycles. The molecule has 0 bridgehead atoms. The van der Waals surface area contributed by atoms with E-state index >= 15 is 0 Å². The number of amides is 1. The van der Waals surface area contributed by atoms with E-state index in [1.54, 1.807) is 22.8 Å². The van der Waals surface area contributed by atoms with E-state index in [4.69, 9.17) is 34.0 Å². The second-order valence-corrected chi connectivity index (χ2v) is 10.6. The number of rotatable bonds is 4. The lowest BCUT2D eigenvalue weighted by atomic mass is 10.0. The van der Waals surface area contributed by atoms with E-state index in [2.05, 4.69) is 15.6 Å². The predicted octanol–water partition coefficient (Wildman–Crippen LogP) is 4.89. The Labute approximate surface area is 211 Å². The van der Waals surface area contributed by atoms with Crippen molar-refractivity contribution < 1.29 is 9.18 Å². The van der Waals surface area contributed by atoms with Gasteiger partial charge in [0.25, 0.3) is 5.91 Å².